The largest absolute Gasteiger partial charge is 0.444 e. The zero-order chi connectivity index (χ0) is 17.7. The van der Waals surface area contributed by atoms with E-state index in [-0.39, 0.29) is 5.91 Å². The second-order valence-electron chi connectivity index (χ2n) is 6.02. The SMILES string of the molecule is CC(=O)Nc1cc(NC(=O)OC(C)(C)C)c(-c2ccncn2)cn1. The Labute approximate surface area is 139 Å². The first-order valence-electron chi connectivity index (χ1n) is 7.28. The van der Waals surface area contributed by atoms with E-state index in [1.165, 1.54) is 19.4 Å². The number of carbonyl (C=O) groups is 2. The number of anilines is 2. The van der Waals surface area contributed by atoms with Crippen molar-refractivity contribution in [3.63, 3.8) is 0 Å². The smallest absolute Gasteiger partial charge is 0.412 e. The van der Waals surface area contributed by atoms with Gasteiger partial charge in [0.15, 0.2) is 0 Å². The number of rotatable bonds is 3. The minimum atomic E-state index is -0.632. The van der Waals surface area contributed by atoms with Crippen molar-refractivity contribution >= 4 is 23.5 Å². The maximum Gasteiger partial charge on any atom is 0.412 e. The molecule has 0 radical (unpaired) electrons. The monoisotopic (exact) mass is 329 g/mol. The molecule has 0 spiro atoms. The Morgan fingerprint density at radius 2 is 1.92 bits per heavy atom. The predicted octanol–water partition coefficient (Wildman–Crippen LogP) is 2.84. The van der Waals surface area contributed by atoms with Gasteiger partial charge in [0.1, 0.15) is 17.7 Å². The van der Waals surface area contributed by atoms with Crippen LogP contribution in [-0.4, -0.2) is 32.6 Å². The first kappa shape index (κ1) is 17.3. The van der Waals surface area contributed by atoms with Gasteiger partial charge in [-0.15, -0.1) is 0 Å². The van der Waals surface area contributed by atoms with Crippen LogP contribution < -0.4 is 10.6 Å². The van der Waals surface area contributed by atoms with Gasteiger partial charge in [0, 0.05) is 30.9 Å². The Balaban J connectivity index is 2.36. The second-order valence-corrected chi connectivity index (χ2v) is 6.02. The van der Waals surface area contributed by atoms with Crippen molar-refractivity contribution in [1.29, 1.82) is 0 Å². The molecule has 0 aliphatic carbocycles. The van der Waals surface area contributed by atoms with Crippen LogP contribution in [0.4, 0.5) is 16.3 Å². The van der Waals surface area contributed by atoms with Crippen LogP contribution in [0.1, 0.15) is 27.7 Å². The number of amides is 2. The molecule has 0 saturated carbocycles. The van der Waals surface area contributed by atoms with Crippen molar-refractivity contribution in [2.75, 3.05) is 10.6 Å². The van der Waals surface area contributed by atoms with E-state index in [1.807, 2.05) is 0 Å². The molecule has 2 heterocycles. The summed E-state index contributed by atoms with van der Waals surface area (Å²) >= 11 is 0. The van der Waals surface area contributed by atoms with Crippen LogP contribution in [0.3, 0.4) is 0 Å². The van der Waals surface area contributed by atoms with Crippen molar-refractivity contribution in [2.24, 2.45) is 0 Å². The molecule has 2 aromatic rings. The molecule has 126 valence electrons. The summed E-state index contributed by atoms with van der Waals surface area (Å²) in [7, 11) is 0. The summed E-state index contributed by atoms with van der Waals surface area (Å²) in [4.78, 5) is 35.4. The van der Waals surface area contributed by atoms with Crippen molar-refractivity contribution in [1.82, 2.24) is 15.0 Å². The first-order chi connectivity index (χ1) is 11.2. The highest BCUT2D eigenvalue weighted by Crippen LogP contribution is 2.28. The fourth-order valence-corrected chi connectivity index (χ4v) is 1.88. The lowest BCUT2D eigenvalue weighted by atomic mass is 10.1. The fraction of sp³-hybridized carbons (Fsp3) is 0.312. The van der Waals surface area contributed by atoms with Gasteiger partial charge < -0.3 is 10.1 Å². The third-order valence-corrected chi connectivity index (χ3v) is 2.70. The van der Waals surface area contributed by atoms with E-state index in [4.69, 9.17) is 4.74 Å². The number of nitrogens with zero attached hydrogens (tertiary/aromatic N) is 3. The third kappa shape index (κ3) is 5.01. The van der Waals surface area contributed by atoms with Gasteiger partial charge in [0.2, 0.25) is 5.91 Å². The summed E-state index contributed by atoms with van der Waals surface area (Å²) in [6, 6.07) is 3.23. The number of carbonyl (C=O) groups excluding carboxylic acids is 2. The molecular formula is C16H19N5O3. The molecule has 0 aliphatic heterocycles. The highest BCUT2D eigenvalue weighted by molar-refractivity contribution is 5.93. The van der Waals surface area contributed by atoms with Gasteiger partial charge in [0.25, 0.3) is 0 Å². The standard InChI is InChI=1S/C16H19N5O3/c1-10(22)20-14-7-13(21-15(23)24-16(2,3)4)11(8-18-14)12-5-6-17-9-19-12/h5-9H,1-4H3,(H2,18,20,21,22,23). The summed E-state index contributed by atoms with van der Waals surface area (Å²) in [6.07, 6.45) is 3.88. The number of pyridine rings is 1. The van der Waals surface area contributed by atoms with E-state index in [9.17, 15) is 9.59 Å². The van der Waals surface area contributed by atoms with Gasteiger partial charge in [-0.2, -0.15) is 0 Å². The van der Waals surface area contributed by atoms with E-state index in [0.29, 0.717) is 22.8 Å². The van der Waals surface area contributed by atoms with Crippen LogP contribution in [0.2, 0.25) is 0 Å². The normalized spacial score (nSPS) is 10.8. The van der Waals surface area contributed by atoms with Gasteiger partial charge in [-0.25, -0.2) is 19.7 Å². The molecule has 2 amide bonds. The Kier molecular flexibility index (Phi) is 5.08. The molecule has 0 bridgehead atoms. The highest BCUT2D eigenvalue weighted by Gasteiger charge is 2.18. The molecule has 0 aliphatic rings. The number of nitrogens with one attached hydrogen (secondary N) is 2. The van der Waals surface area contributed by atoms with Crippen molar-refractivity contribution in [2.45, 2.75) is 33.3 Å². The third-order valence-electron chi connectivity index (χ3n) is 2.70. The van der Waals surface area contributed by atoms with Crippen molar-refractivity contribution in [3.05, 3.63) is 30.9 Å². The molecule has 0 atom stereocenters. The molecule has 2 N–H and O–H groups in total. The van der Waals surface area contributed by atoms with Crippen LogP contribution >= 0.6 is 0 Å². The minimum absolute atomic E-state index is 0.263. The Bertz CT molecular complexity index is 741. The summed E-state index contributed by atoms with van der Waals surface area (Å²) in [5, 5.41) is 5.24. The molecular weight excluding hydrogens is 310 g/mol. The first-order valence-corrected chi connectivity index (χ1v) is 7.28. The average molecular weight is 329 g/mol. The van der Waals surface area contributed by atoms with Gasteiger partial charge in [-0.3, -0.25) is 10.1 Å². The summed E-state index contributed by atoms with van der Waals surface area (Å²) < 4.78 is 5.26. The topological polar surface area (TPSA) is 106 Å². The van der Waals surface area contributed by atoms with E-state index < -0.39 is 11.7 Å². The number of aromatic nitrogens is 3. The predicted molar refractivity (Wildman–Crippen MR) is 89.4 cm³/mol. The maximum absolute atomic E-state index is 12.1. The molecule has 2 rings (SSSR count). The van der Waals surface area contributed by atoms with Crippen LogP contribution in [0, 0.1) is 0 Å². The molecule has 2 aromatic heterocycles. The lowest BCUT2D eigenvalue weighted by Crippen LogP contribution is -2.27. The van der Waals surface area contributed by atoms with E-state index in [1.54, 1.807) is 39.1 Å². The second kappa shape index (κ2) is 7.03. The minimum Gasteiger partial charge on any atom is -0.444 e. The van der Waals surface area contributed by atoms with E-state index in [2.05, 4.69) is 25.6 Å². The number of hydrogen-bond donors (Lipinski definition) is 2. The van der Waals surface area contributed by atoms with Crippen molar-refractivity contribution < 1.29 is 14.3 Å². The zero-order valence-corrected chi connectivity index (χ0v) is 14.0. The van der Waals surface area contributed by atoms with Gasteiger partial charge in [0.05, 0.1) is 11.4 Å². The van der Waals surface area contributed by atoms with Crippen LogP contribution in [0.25, 0.3) is 11.3 Å². The fourth-order valence-electron chi connectivity index (χ4n) is 1.88. The van der Waals surface area contributed by atoms with Gasteiger partial charge in [-0.05, 0) is 26.8 Å². The quantitative estimate of drug-likeness (QED) is 0.897. The lowest BCUT2D eigenvalue weighted by Gasteiger charge is -2.20. The Hall–Kier alpha value is -3.03. The number of hydrogen-bond acceptors (Lipinski definition) is 6. The van der Waals surface area contributed by atoms with Gasteiger partial charge in [-0.1, -0.05) is 0 Å². The Morgan fingerprint density at radius 3 is 2.50 bits per heavy atom. The molecule has 0 aromatic carbocycles. The zero-order valence-electron chi connectivity index (χ0n) is 14.0. The molecule has 24 heavy (non-hydrogen) atoms. The Morgan fingerprint density at radius 1 is 1.17 bits per heavy atom. The molecule has 8 heteroatoms. The maximum atomic E-state index is 12.1. The molecule has 0 saturated heterocycles. The molecule has 8 nitrogen and oxygen atoms in total. The van der Waals surface area contributed by atoms with Gasteiger partial charge >= 0.3 is 6.09 Å². The summed E-state index contributed by atoms with van der Waals surface area (Å²) in [5.41, 5.74) is 0.948. The average Bonchev–Trinajstić information content (AvgIpc) is 2.45. The van der Waals surface area contributed by atoms with E-state index in [0.717, 1.165) is 0 Å². The number of ether oxygens (including phenoxy) is 1. The van der Waals surface area contributed by atoms with Crippen LogP contribution in [-0.2, 0) is 9.53 Å². The van der Waals surface area contributed by atoms with Crippen LogP contribution in [0.15, 0.2) is 30.9 Å². The highest BCUT2D eigenvalue weighted by atomic mass is 16.6. The van der Waals surface area contributed by atoms with Crippen LogP contribution in [0.5, 0.6) is 0 Å². The van der Waals surface area contributed by atoms with Crippen molar-refractivity contribution in [3.8, 4) is 11.3 Å². The summed E-state index contributed by atoms with van der Waals surface area (Å²) in [6.45, 7) is 6.69. The summed E-state index contributed by atoms with van der Waals surface area (Å²) in [5.74, 6) is 0.0480. The van der Waals surface area contributed by atoms with E-state index >= 15 is 0 Å². The lowest BCUT2D eigenvalue weighted by molar-refractivity contribution is -0.114. The molecule has 0 fully saturated rings. The molecule has 0 unspecified atom stereocenters.